The van der Waals surface area contributed by atoms with Crippen molar-refractivity contribution in [3.63, 3.8) is 0 Å². The summed E-state index contributed by atoms with van der Waals surface area (Å²) in [6, 6.07) is 10.7. The normalized spacial score (nSPS) is 12.5. The quantitative estimate of drug-likeness (QED) is 0.290. The molecule has 0 aliphatic rings. The summed E-state index contributed by atoms with van der Waals surface area (Å²) < 4.78 is 87.4. The average molecular weight is 554 g/mol. The van der Waals surface area contributed by atoms with Crippen LogP contribution in [0.3, 0.4) is 0 Å². The topological polar surface area (TPSA) is 119 Å². The fourth-order valence-electron chi connectivity index (χ4n) is 3.56. The van der Waals surface area contributed by atoms with Crippen LogP contribution < -0.4 is 18.9 Å². The minimum absolute atomic E-state index is 0.0100. The van der Waals surface area contributed by atoms with E-state index in [0.717, 1.165) is 10.0 Å². The van der Waals surface area contributed by atoms with Crippen LogP contribution in [-0.2, 0) is 26.6 Å². The Morgan fingerprint density at radius 1 is 0.973 bits per heavy atom. The van der Waals surface area contributed by atoms with E-state index in [-0.39, 0.29) is 44.0 Å². The van der Waals surface area contributed by atoms with Gasteiger partial charge in [-0.25, -0.2) is 17.4 Å². The predicted molar refractivity (Wildman–Crippen MR) is 129 cm³/mol. The zero-order valence-corrected chi connectivity index (χ0v) is 21.4. The van der Waals surface area contributed by atoms with Crippen molar-refractivity contribution in [2.24, 2.45) is 0 Å². The molecule has 37 heavy (non-hydrogen) atoms. The Labute approximate surface area is 213 Å². The number of pyridine rings is 1. The molecule has 0 saturated carbocycles. The summed E-state index contributed by atoms with van der Waals surface area (Å²) in [4.78, 5) is 8.30. The first-order valence-corrected chi connectivity index (χ1v) is 13.3. The molecule has 0 aliphatic heterocycles. The van der Waals surface area contributed by atoms with Crippen molar-refractivity contribution in [1.29, 1.82) is 0 Å². The minimum Gasteiger partial charge on any atom is -0.497 e. The van der Waals surface area contributed by atoms with Crippen LogP contribution in [0.4, 0.5) is 8.78 Å². The summed E-state index contributed by atoms with van der Waals surface area (Å²) in [5.41, 5.74) is 0.248. The van der Waals surface area contributed by atoms with Crippen LogP contribution in [0.15, 0.2) is 64.8 Å². The molecular formula is C23H21F2N3O7S2. The van der Waals surface area contributed by atoms with Gasteiger partial charge in [-0.05, 0) is 36.4 Å². The summed E-state index contributed by atoms with van der Waals surface area (Å²) in [5, 5.41) is -0.341. The fourth-order valence-corrected chi connectivity index (χ4v) is 6.52. The van der Waals surface area contributed by atoms with E-state index in [0.29, 0.717) is 11.5 Å². The average Bonchev–Trinajstić information content (AvgIpc) is 3.28. The lowest BCUT2D eigenvalue weighted by atomic mass is 10.3. The van der Waals surface area contributed by atoms with Gasteiger partial charge in [0.2, 0.25) is 5.16 Å². The number of rotatable bonds is 10. The molecule has 1 atom stereocenters. The summed E-state index contributed by atoms with van der Waals surface area (Å²) >= 11 is 0. The Hall–Kier alpha value is -3.78. The molecule has 0 amide bonds. The van der Waals surface area contributed by atoms with Gasteiger partial charge < -0.3 is 18.9 Å². The van der Waals surface area contributed by atoms with Crippen LogP contribution in [0, 0.1) is 0 Å². The fraction of sp³-hybridized carbons (Fsp3) is 0.217. The molecule has 10 nitrogen and oxygen atoms in total. The zero-order chi connectivity index (χ0) is 26.7. The van der Waals surface area contributed by atoms with E-state index in [1.165, 1.54) is 63.9 Å². The number of imidazole rings is 1. The first-order valence-electron chi connectivity index (χ1n) is 10.5. The molecule has 0 bridgehead atoms. The number of fused-ring (bicyclic) bond motifs is 1. The summed E-state index contributed by atoms with van der Waals surface area (Å²) in [6.07, 6.45) is 1.43. The second-order valence-corrected chi connectivity index (χ2v) is 10.5. The smallest absolute Gasteiger partial charge is 0.387 e. The maximum absolute atomic E-state index is 13.7. The third kappa shape index (κ3) is 5.20. The summed E-state index contributed by atoms with van der Waals surface area (Å²) in [7, 11) is -2.17. The molecular weight excluding hydrogens is 532 g/mol. The SMILES string of the molecule is COc1ccc(S(=O)(=O)n2c(S(=O)Cc3nccc(OC)c3OC)nc3cc(OC(F)F)ccc32)cc1. The molecule has 2 aromatic carbocycles. The molecule has 0 saturated heterocycles. The number of methoxy groups -OCH3 is 3. The number of hydrogen-bond acceptors (Lipinski definition) is 9. The second kappa shape index (κ2) is 10.7. The highest BCUT2D eigenvalue weighted by atomic mass is 32.2. The van der Waals surface area contributed by atoms with Crippen molar-refractivity contribution in [2.75, 3.05) is 21.3 Å². The predicted octanol–water partition coefficient (Wildman–Crippen LogP) is 3.60. The Morgan fingerprint density at radius 2 is 1.68 bits per heavy atom. The van der Waals surface area contributed by atoms with Crippen LogP contribution in [0.5, 0.6) is 23.0 Å². The van der Waals surface area contributed by atoms with E-state index >= 15 is 0 Å². The second-order valence-electron chi connectivity index (χ2n) is 7.35. The van der Waals surface area contributed by atoms with Gasteiger partial charge in [0.15, 0.2) is 11.5 Å². The monoisotopic (exact) mass is 553 g/mol. The van der Waals surface area contributed by atoms with E-state index < -0.39 is 27.4 Å². The third-order valence-corrected chi connectivity index (χ3v) is 8.27. The maximum Gasteiger partial charge on any atom is 0.387 e. The highest BCUT2D eigenvalue weighted by Crippen LogP contribution is 2.33. The van der Waals surface area contributed by atoms with Gasteiger partial charge in [-0.3, -0.25) is 9.19 Å². The van der Waals surface area contributed by atoms with Gasteiger partial charge in [0.05, 0.1) is 59.5 Å². The van der Waals surface area contributed by atoms with Crippen molar-refractivity contribution in [3.05, 3.63) is 60.4 Å². The number of ether oxygens (including phenoxy) is 4. The molecule has 0 spiro atoms. The lowest BCUT2D eigenvalue weighted by Crippen LogP contribution is -2.18. The Morgan fingerprint density at radius 3 is 2.30 bits per heavy atom. The summed E-state index contributed by atoms with van der Waals surface area (Å²) in [6.45, 7) is -3.09. The van der Waals surface area contributed by atoms with Gasteiger partial charge in [-0.15, -0.1) is 0 Å². The molecule has 4 rings (SSSR count). The number of hydrogen-bond donors (Lipinski definition) is 0. The standard InChI is InChI=1S/C23H21F2N3O7S2/c1-32-14-4-7-16(8-5-14)37(30,31)28-19-9-6-15(35-22(24)25)12-17(19)27-23(28)36(29)13-18-21(34-3)20(33-2)10-11-26-18/h4-12,22H,13H2,1-3H3. The van der Waals surface area contributed by atoms with E-state index in [1.54, 1.807) is 6.07 Å². The number of halogens is 2. The van der Waals surface area contributed by atoms with E-state index in [2.05, 4.69) is 14.7 Å². The van der Waals surface area contributed by atoms with Gasteiger partial charge in [0.1, 0.15) is 11.5 Å². The largest absolute Gasteiger partial charge is 0.497 e. The Balaban J connectivity index is 1.87. The molecule has 2 heterocycles. The minimum atomic E-state index is -4.34. The van der Waals surface area contributed by atoms with Gasteiger partial charge in [0.25, 0.3) is 10.0 Å². The molecule has 2 aromatic heterocycles. The number of aromatic nitrogens is 3. The first-order chi connectivity index (χ1) is 17.7. The third-order valence-electron chi connectivity index (χ3n) is 5.22. The molecule has 0 N–H and O–H groups in total. The van der Waals surface area contributed by atoms with Crippen LogP contribution in [0.25, 0.3) is 11.0 Å². The van der Waals surface area contributed by atoms with Crippen LogP contribution in [0.2, 0.25) is 0 Å². The number of benzene rings is 2. The van der Waals surface area contributed by atoms with E-state index in [1.807, 2.05) is 0 Å². The highest BCUT2D eigenvalue weighted by molar-refractivity contribution is 7.91. The summed E-state index contributed by atoms with van der Waals surface area (Å²) in [5.74, 6) is 0.498. The van der Waals surface area contributed by atoms with Crippen molar-refractivity contribution in [2.45, 2.75) is 22.4 Å². The van der Waals surface area contributed by atoms with Crippen molar-refractivity contribution >= 4 is 31.9 Å². The highest BCUT2D eigenvalue weighted by Gasteiger charge is 2.29. The van der Waals surface area contributed by atoms with Crippen molar-refractivity contribution in [1.82, 2.24) is 13.9 Å². The van der Waals surface area contributed by atoms with E-state index in [4.69, 9.17) is 14.2 Å². The Kier molecular flexibility index (Phi) is 7.59. The van der Waals surface area contributed by atoms with Gasteiger partial charge in [-0.2, -0.15) is 8.78 Å². The molecule has 0 radical (unpaired) electrons. The Bertz CT molecular complexity index is 1560. The first kappa shape index (κ1) is 26.3. The maximum atomic E-state index is 13.7. The zero-order valence-electron chi connectivity index (χ0n) is 19.8. The van der Waals surface area contributed by atoms with Gasteiger partial charge in [0, 0.05) is 18.3 Å². The lowest BCUT2D eigenvalue weighted by Gasteiger charge is -2.13. The molecule has 0 fully saturated rings. The van der Waals surface area contributed by atoms with Crippen LogP contribution in [0.1, 0.15) is 5.69 Å². The molecule has 196 valence electrons. The lowest BCUT2D eigenvalue weighted by molar-refractivity contribution is -0.0497. The molecule has 4 aromatic rings. The van der Waals surface area contributed by atoms with Crippen molar-refractivity contribution < 1.29 is 40.4 Å². The van der Waals surface area contributed by atoms with Gasteiger partial charge in [-0.1, -0.05) is 0 Å². The van der Waals surface area contributed by atoms with E-state index in [9.17, 15) is 21.4 Å². The van der Waals surface area contributed by atoms with Gasteiger partial charge >= 0.3 is 6.61 Å². The van der Waals surface area contributed by atoms with Crippen LogP contribution in [-0.4, -0.2) is 54.5 Å². The molecule has 0 aliphatic carbocycles. The number of nitrogens with zero attached hydrogens (tertiary/aromatic N) is 3. The van der Waals surface area contributed by atoms with Crippen LogP contribution >= 0.6 is 0 Å². The molecule has 1 unspecified atom stereocenters. The molecule has 14 heteroatoms. The van der Waals surface area contributed by atoms with Crippen molar-refractivity contribution in [3.8, 4) is 23.0 Å². The number of alkyl halides is 2.